The van der Waals surface area contributed by atoms with Crippen molar-refractivity contribution in [3.63, 3.8) is 0 Å². The Morgan fingerprint density at radius 1 is 1.19 bits per heavy atom. The highest BCUT2D eigenvalue weighted by atomic mass is 19.3. The molecule has 0 spiro atoms. The second-order valence-corrected chi connectivity index (χ2v) is 3.50. The Bertz CT molecular complexity index is 334. The van der Waals surface area contributed by atoms with Gasteiger partial charge in [0.25, 0.3) is 6.43 Å². The maximum atomic E-state index is 12.6. The lowest BCUT2D eigenvalue weighted by Gasteiger charge is -2.20. The molecular formula is C11H15F2NO2. The molecule has 0 bridgehead atoms. The van der Waals surface area contributed by atoms with Crippen molar-refractivity contribution in [2.45, 2.75) is 18.6 Å². The van der Waals surface area contributed by atoms with E-state index in [0.717, 1.165) is 0 Å². The van der Waals surface area contributed by atoms with Crippen molar-refractivity contribution in [2.75, 3.05) is 13.6 Å². The second kappa shape index (κ2) is 5.89. The second-order valence-electron chi connectivity index (χ2n) is 3.50. The van der Waals surface area contributed by atoms with Crippen LogP contribution in [0.4, 0.5) is 8.78 Å². The molecule has 0 saturated carbocycles. The average Bonchev–Trinajstić information content (AvgIpc) is 2.28. The van der Waals surface area contributed by atoms with Gasteiger partial charge in [-0.3, -0.25) is 0 Å². The quantitative estimate of drug-likeness (QED) is 0.714. The number of hydrogen-bond donors (Lipinski definition) is 3. The standard InChI is InChI=1S/C11H15F2NO2/c1-14-6-9(15)10(16)7-4-2-3-5-8(7)11(12)13/h2-5,9-11,14-16H,6H2,1H3. The number of rotatable bonds is 5. The number of aliphatic hydroxyl groups excluding tert-OH is 2. The molecule has 0 amide bonds. The molecule has 2 unspecified atom stereocenters. The minimum absolute atomic E-state index is 0.0697. The van der Waals surface area contributed by atoms with Gasteiger partial charge in [-0.15, -0.1) is 0 Å². The highest BCUT2D eigenvalue weighted by molar-refractivity contribution is 5.30. The van der Waals surface area contributed by atoms with Gasteiger partial charge >= 0.3 is 0 Å². The molecule has 3 nitrogen and oxygen atoms in total. The summed E-state index contributed by atoms with van der Waals surface area (Å²) in [4.78, 5) is 0. The zero-order valence-electron chi connectivity index (χ0n) is 8.90. The first-order valence-corrected chi connectivity index (χ1v) is 4.95. The van der Waals surface area contributed by atoms with Crippen LogP contribution >= 0.6 is 0 Å². The van der Waals surface area contributed by atoms with Gasteiger partial charge in [0.05, 0.1) is 6.10 Å². The topological polar surface area (TPSA) is 52.5 Å². The Morgan fingerprint density at radius 2 is 1.75 bits per heavy atom. The van der Waals surface area contributed by atoms with E-state index in [2.05, 4.69) is 5.32 Å². The lowest BCUT2D eigenvalue weighted by atomic mass is 9.99. The minimum Gasteiger partial charge on any atom is -0.389 e. The number of halogens is 2. The van der Waals surface area contributed by atoms with Crippen molar-refractivity contribution >= 4 is 0 Å². The molecule has 0 aliphatic rings. The van der Waals surface area contributed by atoms with Crippen molar-refractivity contribution in [1.29, 1.82) is 0 Å². The van der Waals surface area contributed by atoms with Crippen LogP contribution < -0.4 is 5.32 Å². The predicted octanol–water partition coefficient (Wildman–Crippen LogP) is 1.24. The first kappa shape index (κ1) is 13.0. The fraction of sp³-hybridized carbons (Fsp3) is 0.455. The Hall–Kier alpha value is -1.04. The van der Waals surface area contributed by atoms with Crippen LogP contribution in [0.5, 0.6) is 0 Å². The van der Waals surface area contributed by atoms with Gasteiger partial charge in [-0.1, -0.05) is 24.3 Å². The number of alkyl halides is 2. The van der Waals surface area contributed by atoms with Crippen LogP contribution in [0.2, 0.25) is 0 Å². The molecule has 0 radical (unpaired) electrons. The highest BCUT2D eigenvalue weighted by Gasteiger charge is 2.23. The third kappa shape index (κ3) is 2.98. The van der Waals surface area contributed by atoms with E-state index in [1.807, 2.05) is 0 Å². The number of hydrogen-bond acceptors (Lipinski definition) is 3. The van der Waals surface area contributed by atoms with Gasteiger partial charge in [-0.25, -0.2) is 8.78 Å². The molecule has 0 aliphatic carbocycles. The summed E-state index contributed by atoms with van der Waals surface area (Å²) >= 11 is 0. The molecule has 1 rings (SSSR count). The van der Waals surface area contributed by atoms with Crippen molar-refractivity contribution < 1.29 is 19.0 Å². The van der Waals surface area contributed by atoms with E-state index in [9.17, 15) is 19.0 Å². The Kier molecular flexibility index (Phi) is 4.79. The molecule has 2 atom stereocenters. The Morgan fingerprint density at radius 3 is 2.25 bits per heavy atom. The fourth-order valence-corrected chi connectivity index (χ4v) is 1.51. The van der Waals surface area contributed by atoms with Crippen LogP contribution in [0.3, 0.4) is 0 Å². The van der Waals surface area contributed by atoms with Crippen molar-refractivity contribution in [3.8, 4) is 0 Å². The van der Waals surface area contributed by atoms with E-state index < -0.39 is 18.6 Å². The third-order valence-corrected chi connectivity index (χ3v) is 2.33. The van der Waals surface area contributed by atoms with Gasteiger partial charge in [0.15, 0.2) is 0 Å². The first-order valence-electron chi connectivity index (χ1n) is 4.95. The molecule has 16 heavy (non-hydrogen) atoms. The van der Waals surface area contributed by atoms with Crippen molar-refractivity contribution in [3.05, 3.63) is 35.4 Å². The summed E-state index contributed by atoms with van der Waals surface area (Å²) < 4.78 is 25.3. The number of aliphatic hydroxyl groups is 2. The zero-order chi connectivity index (χ0) is 12.1. The largest absolute Gasteiger partial charge is 0.389 e. The Labute approximate surface area is 92.7 Å². The van der Waals surface area contributed by atoms with Crippen LogP contribution in [0.1, 0.15) is 23.7 Å². The number of nitrogens with one attached hydrogen (secondary N) is 1. The SMILES string of the molecule is CNCC(O)C(O)c1ccccc1C(F)F. The summed E-state index contributed by atoms with van der Waals surface area (Å²) in [5.41, 5.74) is -0.176. The van der Waals surface area contributed by atoms with Gasteiger partial charge in [-0.05, 0) is 12.6 Å². The summed E-state index contributed by atoms with van der Waals surface area (Å²) in [7, 11) is 1.61. The van der Waals surface area contributed by atoms with Gasteiger partial charge in [0, 0.05) is 12.1 Å². The lowest BCUT2D eigenvalue weighted by Crippen LogP contribution is -2.30. The van der Waals surface area contributed by atoms with Crippen LogP contribution in [0.25, 0.3) is 0 Å². The van der Waals surface area contributed by atoms with Gasteiger partial charge < -0.3 is 15.5 Å². The molecule has 0 heterocycles. The van der Waals surface area contributed by atoms with E-state index in [1.165, 1.54) is 18.2 Å². The van der Waals surface area contributed by atoms with Crippen molar-refractivity contribution in [1.82, 2.24) is 5.32 Å². The van der Waals surface area contributed by atoms with Crippen LogP contribution in [-0.2, 0) is 0 Å². The van der Waals surface area contributed by atoms with E-state index >= 15 is 0 Å². The maximum absolute atomic E-state index is 12.6. The molecule has 0 saturated heterocycles. The lowest BCUT2D eigenvalue weighted by molar-refractivity contribution is 0.0175. The molecule has 0 aliphatic heterocycles. The van der Waals surface area contributed by atoms with Crippen LogP contribution in [-0.4, -0.2) is 29.9 Å². The van der Waals surface area contributed by atoms with Crippen LogP contribution in [0.15, 0.2) is 24.3 Å². The fourth-order valence-electron chi connectivity index (χ4n) is 1.51. The monoisotopic (exact) mass is 231 g/mol. The number of likely N-dealkylation sites (N-methyl/N-ethyl adjacent to an activating group) is 1. The molecule has 0 fully saturated rings. The summed E-state index contributed by atoms with van der Waals surface area (Å²) in [5.74, 6) is 0. The molecule has 3 N–H and O–H groups in total. The van der Waals surface area contributed by atoms with Gasteiger partial charge in [0.1, 0.15) is 6.10 Å². The first-order chi connectivity index (χ1) is 7.57. The summed E-state index contributed by atoms with van der Waals surface area (Å²) in [6.45, 7) is 0.138. The summed E-state index contributed by atoms with van der Waals surface area (Å²) in [5, 5.41) is 21.9. The minimum atomic E-state index is -2.66. The smallest absolute Gasteiger partial charge is 0.264 e. The molecular weight excluding hydrogens is 216 g/mol. The van der Waals surface area contributed by atoms with Gasteiger partial charge in [-0.2, -0.15) is 0 Å². The molecule has 1 aromatic carbocycles. The summed E-state index contributed by atoms with van der Waals surface area (Å²) in [6.07, 6.45) is -5.07. The third-order valence-electron chi connectivity index (χ3n) is 2.33. The van der Waals surface area contributed by atoms with E-state index in [4.69, 9.17) is 0 Å². The van der Waals surface area contributed by atoms with E-state index in [0.29, 0.717) is 0 Å². The average molecular weight is 231 g/mol. The zero-order valence-corrected chi connectivity index (χ0v) is 8.90. The normalized spacial score (nSPS) is 15.1. The van der Waals surface area contributed by atoms with Gasteiger partial charge in [0.2, 0.25) is 0 Å². The molecule has 90 valence electrons. The Balaban J connectivity index is 2.93. The van der Waals surface area contributed by atoms with E-state index in [-0.39, 0.29) is 17.7 Å². The summed E-state index contributed by atoms with van der Waals surface area (Å²) in [6, 6.07) is 5.67. The molecule has 0 aromatic heterocycles. The van der Waals surface area contributed by atoms with E-state index in [1.54, 1.807) is 13.1 Å². The van der Waals surface area contributed by atoms with Crippen LogP contribution in [0, 0.1) is 0 Å². The predicted molar refractivity (Wildman–Crippen MR) is 56.3 cm³/mol. The molecule has 1 aromatic rings. The number of benzene rings is 1. The molecule has 5 heteroatoms. The highest BCUT2D eigenvalue weighted by Crippen LogP contribution is 2.28. The van der Waals surface area contributed by atoms with Crippen molar-refractivity contribution in [2.24, 2.45) is 0 Å². The maximum Gasteiger partial charge on any atom is 0.264 e.